The number of aromatic nitrogens is 2. The molecule has 1 aromatic carbocycles. The average molecular weight is 285 g/mol. The summed E-state index contributed by atoms with van der Waals surface area (Å²) in [5.74, 6) is 0. The molecule has 0 saturated heterocycles. The van der Waals surface area contributed by atoms with Crippen molar-refractivity contribution in [3.8, 4) is 0 Å². The minimum atomic E-state index is 0.392. The van der Waals surface area contributed by atoms with E-state index in [0.717, 1.165) is 25.9 Å². The van der Waals surface area contributed by atoms with Crippen molar-refractivity contribution in [2.45, 2.75) is 52.1 Å². The van der Waals surface area contributed by atoms with E-state index in [1.807, 2.05) is 6.20 Å². The summed E-state index contributed by atoms with van der Waals surface area (Å²) in [6.45, 7) is 6.46. The maximum Gasteiger partial charge on any atom is 0.0537 e. The van der Waals surface area contributed by atoms with Gasteiger partial charge in [0.1, 0.15) is 0 Å². The second kappa shape index (κ2) is 8.63. The molecule has 114 valence electrons. The molecule has 3 heteroatoms. The molecule has 1 N–H and O–H groups in total. The number of unbranched alkanes of at least 4 members (excludes halogenated alkanes) is 1. The van der Waals surface area contributed by atoms with Gasteiger partial charge in [-0.1, -0.05) is 37.3 Å². The monoisotopic (exact) mass is 285 g/mol. The van der Waals surface area contributed by atoms with Gasteiger partial charge >= 0.3 is 0 Å². The van der Waals surface area contributed by atoms with Crippen LogP contribution in [0.3, 0.4) is 0 Å². The van der Waals surface area contributed by atoms with Gasteiger partial charge in [-0.2, -0.15) is 5.10 Å². The Labute approximate surface area is 128 Å². The normalized spacial score (nSPS) is 12.5. The maximum absolute atomic E-state index is 4.47. The largest absolute Gasteiger partial charge is 0.310 e. The second-order valence-electron chi connectivity index (χ2n) is 5.66. The highest BCUT2D eigenvalue weighted by Gasteiger charge is 2.06. The van der Waals surface area contributed by atoms with Crippen molar-refractivity contribution in [1.82, 2.24) is 15.1 Å². The number of hydrogen-bond donors (Lipinski definition) is 1. The summed E-state index contributed by atoms with van der Waals surface area (Å²) < 4.78 is 2.07. The van der Waals surface area contributed by atoms with Crippen LogP contribution in [0.25, 0.3) is 0 Å². The Bertz CT molecular complexity index is 504. The van der Waals surface area contributed by atoms with Gasteiger partial charge in [0.15, 0.2) is 0 Å². The zero-order valence-electron chi connectivity index (χ0n) is 13.3. The van der Waals surface area contributed by atoms with Crippen LogP contribution in [0.5, 0.6) is 0 Å². The summed E-state index contributed by atoms with van der Waals surface area (Å²) in [5.41, 5.74) is 2.71. The molecule has 1 atom stereocenters. The number of hydrogen-bond acceptors (Lipinski definition) is 2. The lowest BCUT2D eigenvalue weighted by atomic mass is 10.1. The molecule has 3 nitrogen and oxygen atoms in total. The molecule has 1 heterocycles. The Balaban J connectivity index is 1.70. The molecular formula is C18H27N3. The van der Waals surface area contributed by atoms with Crippen LogP contribution in [-0.4, -0.2) is 16.3 Å². The van der Waals surface area contributed by atoms with E-state index >= 15 is 0 Å². The van der Waals surface area contributed by atoms with Gasteiger partial charge in [0.25, 0.3) is 0 Å². The molecule has 0 saturated carbocycles. The minimum absolute atomic E-state index is 0.392. The van der Waals surface area contributed by atoms with E-state index in [0.29, 0.717) is 6.04 Å². The van der Waals surface area contributed by atoms with Gasteiger partial charge in [0.2, 0.25) is 0 Å². The molecule has 0 aliphatic heterocycles. The SMILES string of the molecule is CCCNC(C)c1cnn(CCCCc2ccccc2)c1. The van der Waals surface area contributed by atoms with E-state index in [4.69, 9.17) is 0 Å². The highest BCUT2D eigenvalue weighted by Crippen LogP contribution is 2.11. The third kappa shape index (κ3) is 5.35. The van der Waals surface area contributed by atoms with Crippen LogP contribution < -0.4 is 5.32 Å². The zero-order valence-corrected chi connectivity index (χ0v) is 13.3. The predicted octanol–water partition coefficient (Wildman–Crippen LogP) is 3.97. The van der Waals surface area contributed by atoms with E-state index in [1.165, 1.54) is 24.0 Å². The molecular weight excluding hydrogens is 258 g/mol. The number of nitrogens with one attached hydrogen (secondary N) is 1. The summed E-state index contributed by atoms with van der Waals surface area (Å²) in [4.78, 5) is 0. The molecule has 0 fully saturated rings. The topological polar surface area (TPSA) is 29.9 Å². The lowest BCUT2D eigenvalue weighted by Crippen LogP contribution is -2.18. The van der Waals surface area contributed by atoms with Crippen LogP contribution in [0, 0.1) is 0 Å². The molecule has 21 heavy (non-hydrogen) atoms. The highest BCUT2D eigenvalue weighted by molar-refractivity contribution is 5.14. The lowest BCUT2D eigenvalue weighted by Gasteiger charge is -2.10. The van der Waals surface area contributed by atoms with Gasteiger partial charge < -0.3 is 5.32 Å². The molecule has 2 rings (SSSR count). The van der Waals surface area contributed by atoms with Crippen molar-refractivity contribution in [2.24, 2.45) is 0 Å². The van der Waals surface area contributed by atoms with E-state index in [-0.39, 0.29) is 0 Å². The van der Waals surface area contributed by atoms with Gasteiger partial charge in [-0.3, -0.25) is 4.68 Å². The van der Waals surface area contributed by atoms with Crippen molar-refractivity contribution >= 4 is 0 Å². The number of aryl methyl sites for hydroxylation is 2. The van der Waals surface area contributed by atoms with Crippen molar-refractivity contribution < 1.29 is 0 Å². The quantitative estimate of drug-likeness (QED) is 0.707. The smallest absolute Gasteiger partial charge is 0.0537 e. The molecule has 1 unspecified atom stereocenters. The van der Waals surface area contributed by atoms with Gasteiger partial charge in [-0.15, -0.1) is 0 Å². The van der Waals surface area contributed by atoms with Crippen molar-refractivity contribution in [3.05, 3.63) is 53.9 Å². The third-order valence-corrected chi connectivity index (χ3v) is 3.80. The highest BCUT2D eigenvalue weighted by atomic mass is 15.3. The third-order valence-electron chi connectivity index (χ3n) is 3.80. The van der Waals surface area contributed by atoms with Gasteiger partial charge in [-0.25, -0.2) is 0 Å². The summed E-state index contributed by atoms with van der Waals surface area (Å²) in [6, 6.07) is 11.1. The molecule has 0 spiro atoms. The van der Waals surface area contributed by atoms with Gasteiger partial charge in [0, 0.05) is 24.3 Å². The first-order valence-corrected chi connectivity index (χ1v) is 8.09. The fraction of sp³-hybridized carbons (Fsp3) is 0.500. The van der Waals surface area contributed by atoms with Crippen molar-refractivity contribution in [2.75, 3.05) is 6.54 Å². The molecule has 0 aliphatic carbocycles. The number of rotatable bonds is 9. The van der Waals surface area contributed by atoms with Crippen LogP contribution in [0.1, 0.15) is 50.3 Å². The predicted molar refractivity (Wildman–Crippen MR) is 88.3 cm³/mol. The van der Waals surface area contributed by atoms with Crippen molar-refractivity contribution in [1.29, 1.82) is 0 Å². The molecule has 2 aromatic rings. The number of benzene rings is 1. The Morgan fingerprint density at radius 3 is 2.76 bits per heavy atom. The van der Waals surface area contributed by atoms with Gasteiger partial charge in [-0.05, 0) is 44.7 Å². The average Bonchev–Trinajstić information content (AvgIpc) is 2.99. The maximum atomic E-state index is 4.47. The van der Waals surface area contributed by atoms with Crippen LogP contribution >= 0.6 is 0 Å². The Morgan fingerprint density at radius 2 is 2.00 bits per heavy atom. The molecule has 1 aromatic heterocycles. The van der Waals surface area contributed by atoms with Crippen LogP contribution in [0.15, 0.2) is 42.7 Å². The van der Waals surface area contributed by atoms with Crippen LogP contribution in [0.2, 0.25) is 0 Å². The Hall–Kier alpha value is -1.61. The molecule has 0 bridgehead atoms. The fourth-order valence-corrected chi connectivity index (χ4v) is 2.45. The second-order valence-corrected chi connectivity index (χ2v) is 5.66. The Kier molecular flexibility index (Phi) is 6.48. The van der Waals surface area contributed by atoms with Crippen LogP contribution in [0.4, 0.5) is 0 Å². The first kappa shape index (κ1) is 15.8. The molecule has 0 amide bonds. The lowest BCUT2D eigenvalue weighted by molar-refractivity contribution is 0.551. The van der Waals surface area contributed by atoms with Crippen LogP contribution in [-0.2, 0) is 13.0 Å². The van der Waals surface area contributed by atoms with E-state index < -0.39 is 0 Å². The van der Waals surface area contributed by atoms with Gasteiger partial charge in [0.05, 0.1) is 6.20 Å². The fourth-order valence-electron chi connectivity index (χ4n) is 2.45. The first-order chi connectivity index (χ1) is 10.3. The van der Waals surface area contributed by atoms with E-state index in [1.54, 1.807) is 0 Å². The summed E-state index contributed by atoms with van der Waals surface area (Å²) in [5, 5.41) is 7.96. The summed E-state index contributed by atoms with van der Waals surface area (Å²) in [6.07, 6.45) is 8.87. The number of nitrogens with zero attached hydrogens (tertiary/aromatic N) is 2. The summed E-state index contributed by atoms with van der Waals surface area (Å²) in [7, 11) is 0. The Morgan fingerprint density at radius 1 is 1.19 bits per heavy atom. The van der Waals surface area contributed by atoms with Crippen molar-refractivity contribution in [3.63, 3.8) is 0 Å². The molecule has 0 aliphatic rings. The molecule has 0 radical (unpaired) electrons. The zero-order chi connectivity index (χ0) is 14.9. The summed E-state index contributed by atoms with van der Waals surface area (Å²) >= 11 is 0. The minimum Gasteiger partial charge on any atom is -0.310 e. The van der Waals surface area contributed by atoms with E-state index in [2.05, 4.69) is 65.5 Å². The first-order valence-electron chi connectivity index (χ1n) is 8.09. The van der Waals surface area contributed by atoms with E-state index in [9.17, 15) is 0 Å². The standard InChI is InChI=1S/C18H27N3/c1-3-12-19-16(2)18-14-20-21(15-18)13-8-7-11-17-9-5-4-6-10-17/h4-6,9-10,14-16,19H,3,7-8,11-13H2,1-2H3.